The fourth-order valence-electron chi connectivity index (χ4n) is 1.61. The van der Waals surface area contributed by atoms with Crippen LogP contribution in [0.2, 0.25) is 0 Å². The van der Waals surface area contributed by atoms with Gasteiger partial charge in [-0.25, -0.2) is 0 Å². The van der Waals surface area contributed by atoms with Crippen LogP contribution < -0.4 is 5.32 Å². The number of terminal acetylenes is 1. The fraction of sp³-hybridized carbons (Fsp3) is 0.769. The van der Waals surface area contributed by atoms with E-state index in [4.69, 9.17) is 20.4 Å². The second-order valence-electron chi connectivity index (χ2n) is 4.33. The van der Waals surface area contributed by atoms with Crippen molar-refractivity contribution in [3.8, 4) is 12.3 Å². The highest BCUT2D eigenvalue weighted by Crippen LogP contribution is 2.09. The minimum absolute atomic E-state index is 0.0411. The Balaban J connectivity index is 3.91. The van der Waals surface area contributed by atoms with Crippen LogP contribution >= 0.6 is 0 Å². The summed E-state index contributed by atoms with van der Waals surface area (Å²) in [6.07, 6.45) is 5.48. The number of carbonyl (C=O) groups is 1. The first-order valence-electron chi connectivity index (χ1n) is 6.66. The molecule has 0 aromatic heterocycles. The molecule has 21 heavy (non-hydrogen) atoms. The summed E-state index contributed by atoms with van der Waals surface area (Å²) in [4.78, 5) is 11.8. The molecule has 0 aromatic rings. The Morgan fingerprint density at radius 2 is 2.00 bits per heavy atom. The van der Waals surface area contributed by atoms with Crippen molar-refractivity contribution in [2.24, 2.45) is 0 Å². The van der Waals surface area contributed by atoms with Crippen molar-refractivity contribution in [2.75, 3.05) is 40.0 Å². The van der Waals surface area contributed by atoms with Gasteiger partial charge in [0.05, 0.1) is 13.2 Å². The number of ether oxygens (including phenoxy) is 2. The molecular weight excluding hydrogens is 298 g/mol. The van der Waals surface area contributed by atoms with Crippen molar-refractivity contribution in [1.29, 1.82) is 0 Å². The molecule has 0 aliphatic heterocycles. The second kappa shape index (κ2) is 11.7. The van der Waals surface area contributed by atoms with Crippen LogP contribution in [0.25, 0.3) is 0 Å². The molecule has 2 N–H and O–H groups in total. The van der Waals surface area contributed by atoms with Crippen LogP contribution in [0.4, 0.5) is 0 Å². The maximum atomic E-state index is 11.8. The highest BCUT2D eigenvalue weighted by atomic mass is 32.2. The molecule has 0 amide bonds. The molecule has 122 valence electrons. The van der Waals surface area contributed by atoms with Crippen LogP contribution in [-0.2, 0) is 24.4 Å². The lowest BCUT2D eigenvalue weighted by atomic mass is 10.1. The molecule has 0 aliphatic rings. The molecule has 0 fully saturated rings. The highest BCUT2D eigenvalue weighted by molar-refractivity contribution is 7.87. The van der Waals surface area contributed by atoms with E-state index in [0.29, 0.717) is 32.8 Å². The van der Waals surface area contributed by atoms with Crippen LogP contribution in [-0.4, -0.2) is 64.0 Å². The Bertz CT molecular complexity index is 428. The minimum atomic E-state index is -4.36. The van der Waals surface area contributed by atoms with Crippen molar-refractivity contribution in [3.05, 3.63) is 0 Å². The molecule has 7 nitrogen and oxygen atoms in total. The third-order valence-electron chi connectivity index (χ3n) is 2.64. The maximum Gasteiger partial charge on any atom is 0.275 e. The summed E-state index contributed by atoms with van der Waals surface area (Å²) in [7, 11) is -2.72. The number of ketones is 1. The van der Waals surface area contributed by atoms with Gasteiger partial charge in [-0.3, -0.25) is 9.35 Å². The first-order chi connectivity index (χ1) is 9.93. The van der Waals surface area contributed by atoms with Crippen LogP contribution in [0.5, 0.6) is 0 Å². The molecule has 0 rings (SSSR count). The Morgan fingerprint density at radius 1 is 1.33 bits per heavy atom. The quantitative estimate of drug-likeness (QED) is 0.277. The molecule has 0 saturated carbocycles. The topological polar surface area (TPSA) is 102 Å². The molecule has 0 saturated heterocycles. The molecule has 0 radical (unpaired) electrons. The third kappa shape index (κ3) is 10.4. The van der Waals surface area contributed by atoms with Gasteiger partial charge in [0.15, 0.2) is 5.78 Å². The van der Waals surface area contributed by atoms with E-state index in [-0.39, 0.29) is 19.4 Å². The fourth-order valence-corrected chi connectivity index (χ4v) is 2.48. The molecule has 1 atom stereocenters. The Morgan fingerprint density at radius 3 is 2.57 bits per heavy atom. The van der Waals surface area contributed by atoms with Crippen molar-refractivity contribution >= 4 is 15.9 Å². The summed E-state index contributed by atoms with van der Waals surface area (Å²) in [5.74, 6) is 1.82. The van der Waals surface area contributed by atoms with Gasteiger partial charge >= 0.3 is 0 Å². The first kappa shape index (κ1) is 20.0. The van der Waals surface area contributed by atoms with Crippen molar-refractivity contribution < 1.29 is 27.2 Å². The van der Waals surface area contributed by atoms with Gasteiger partial charge in [0.1, 0.15) is 11.9 Å². The van der Waals surface area contributed by atoms with E-state index in [1.807, 2.05) is 0 Å². The first-order valence-corrected chi connectivity index (χ1v) is 8.16. The molecule has 8 heteroatoms. The van der Waals surface area contributed by atoms with Gasteiger partial charge in [0, 0.05) is 13.0 Å². The zero-order chi connectivity index (χ0) is 16.1. The molecule has 0 aliphatic carbocycles. The Kier molecular flexibility index (Phi) is 11.1. The van der Waals surface area contributed by atoms with Crippen LogP contribution in [0.1, 0.15) is 19.3 Å². The normalized spacial score (nSPS) is 12.8. The number of hydrogen-bond acceptors (Lipinski definition) is 6. The molecular formula is C13H23NO6S. The number of carbonyl (C=O) groups excluding carboxylic acids is 1. The van der Waals surface area contributed by atoms with Gasteiger partial charge in [-0.05, 0) is 26.4 Å². The van der Waals surface area contributed by atoms with E-state index in [1.54, 1.807) is 7.05 Å². The van der Waals surface area contributed by atoms with E-state index < -0.39 is 21.2 Å². The third-order valence-corrected chi connectivity index (χ3v) is 3.86. The molecule has 0 aromatic carbocycles. The summed E-state index contributed by atoms with van der Waals surface area (Å²) < 4.78 is 41.6. The molecule has 0 bridgehead atoms. The van der Waals surface area contributed by atoms with E-state index >= 15 is 0 Å². The lowest BCUT2D eigenvalue weighted by molar-refractivity contribution is -0.119. The smallest absolute Gasteiger partial charge is 0.275 e. The summed E-state index contributed by atoms with van der Waals surface area (Å²) in [6, 6.07) is 0. The van der Waals surface area contributed by atoms with Gasteiger partial charge in [0.2, 0.25) is 0 Å². The average molecular weight is 321 g/mol. The maximum absolute atomic E-state index is 11.8. The number of hydrogen-bond donors (Lipinski definition) is 2. The van der Waals surface area contributed by atoms with Gasteiger partial charge < -0.3 is 14.8 Å². The minimum Gasteiger partial charge on any atom is -0.379 e. The highest BCUT2D eigenvalue weighted by Gasteiger charge is 2.29. The number of Topliss-reactive ketones (excluding diaryl/α,β-unsaturated/α-hetero) is 1. The average Bonchev–Trinajstić information content (AvgIpc) is 2.40. The van der Waals surface area contributed by atoms with Crippen LogP contribution in [0, 0.1) is 12.3 Å². The van der Waals surface area contributed by atoms with Crippen LogP contribution in [0.15, 0.2) is 0 Å². The summed E-state index contributed by atoms with van der Waals surface area (Å²) in [5.41, 5.74) is 0. The molecule has 0 heterocycles. The van der Waals surface area contributed by atoms with Crippen molar-refractivity contribution in [3.63, 3.8) is 0 Å². The van der Waals surface area contributed by atoms with Gasteiger partial charge in [0.25, 0.3) is 10.1 Å². The summed E-state index contributed by atoms with van der Waals surface area (Å²) in [5, 5.41) is 1.37. The Hall–Kier alpha value is -0.980. The second-order valence-corrected chi connectivity index (χ2v) is 5.93. The molecule has 1 unspecified atom stereocenters. The zero-order valence-electron chi connectivity index (χ0n) is 12.2. The summed E-state index contributed by atoms with van der Waals surface area (Å²) in [6.45, 7) is 1.60. The van der Waals surface area contributed by atoms with Gasteiger partial charge in [-0.15, -0.1) is 6.42 Å². The predicted octanol–water partition coefficient (Wildman–Crippen LogP) is -0.132. The van der Waals surface area contributed by atoms with E-state index in [9.17, 15) is 13.2 Å². The predicted molar refractivity (Wildman–Crippen MR) is 78.6 cm³/mol. The zero-order valence-corrected chi connectivity index (χ0v) is 13.0. The number of rotatable bonds is 13. The van der Waals surface area contributed by atoms with Gasteiger partial charge in [-0.1, -0.05) is 5.92 Å². The largest absolute Gasteiger partial charge is 0.379 e. The van der Waals surface area contributed by atoms with Crippen molar-refractivity contribution in [1.82, 2.24) is 5.32 Å². The SMILES string of the molecule is C#CCOCCOCCCC(=O)C(CCNC)S(=O)(=O)O. The van der Waals surface area contributed by atoms with Crippen LogP contribution in [0.3, 0.4) is 0 Å². The molecule has 0 spiro atoms. The van der Waals surface area contributed by atoms with E-state index in [0.717, 1.165) is 0 Å². The number of nitrogens with one attached hydrogen (secondary N) is 1. The van der Waals surface area contributed by atoms with E-state index in [2.05, 4.69) is 11.2 Å². The van der Waals surface area contributed by atoms with Crippen molar-refractivity contribution in [2.45, 2.75) is 24.5 Å². The summed E-state index contributed by atoms with van der Waals surface area (Å²) >= 11 is 0. The monoisotopic (exact) mass is 321 g/mol. The lowest BCUT2D eigenvalue weighted by Crippen LogP contribution is -2.33. The van der Waals surface area contributed by atoms with E-state index in [1.165, 1.54) is 0 Å². The standard InChI is InChI=1S/C13H23NO6S/c1-3-8-19-10-11-20-9-4-5-12(15)13(6-7-14-2)21(16,17)18/h1,13-14H,4-11H2,2H3,(H,16,17,18). The van der Waals surface area contributed by atoms with Gasteiger partial charge in [-0.2, -0.15) is 8.42 Å². The Labute approximate surface area is 126 Å². The lowest BCUT2D eigenvalue weighted by Gasteiger charge is -2.12.